The van der Waals surface area contributed by atoms with E-state index in [0.29, 0.717) is 29.3 Å². The number of rotatable bonds is 8. The first-order valence-electron chi connectivity index (χ1n) is 10.8. The Hall–Kier alpha value is -1.14. The van der Waals surface area contributed by atoms with Gasteiger partial charge in [0.25, 0.3) is 15.9 Å². The molecule has 0 aliphatic heterocycles. The molecule has 11 heteroatoms. The van der Waals surface area contributed by atoms with Gasteiger partial charge in [0.2, 0.25) is 0 Å². The Morgan fingerprint density at radius 1 is 1.06 bits per heavy atom. The third kappa shape index (κ3) is 8.51. The van der Waals surface area contributed by atoms with Crippen molar-refractivity contribution < 1.29 is 22.7 Å². The molecule has 1 aliphatic rings. The van der Waals surface area contributed by atoms with Crippen molar-refractivity contribution in [1.29, 1.82) is 0 Å². The summed E-state index contributed by atoms with van der Waals surface area (Å²) in [6.07, 6.45) is 5.43. The Kier molecular flexibility index (Phi) is 11.8. The van der Waals surface area contributed by atoms with Crippen molar-refractivity contribution >= 4 is 84.9 Å². The molecule has 1 saturated carbocycles. The number of nitrogens with one attached hydrogen (secondary N) is 3. The van der Waals surface area contributed by atoms with Crippen molar-refractivity contribution in [3.8, 4) is 5.75 Å². The van der Waals surface area contributed by atoms with E-state index in [1.807, 2.05) is 0 Å². The second-order valence-corrected chi connectivity index (χ2v) is 10.0. The van der Waals surface area contributed by atoms with Crippen molar-refractivity contribution in [3.63, 3.8) is 0 Å². The van der Waals surface area contributed by atoms with Gasteiger partial charge in [0.1, 0.15) is 5.75 Å². The Morgan fingerprint density at radius 3 is 2.38 bits per heavy atom. The van der Waals surface area contributed by atoms with E-state index in [2.05, 4.69) is 15.4 Å². The van der Waals surface area contributed by atoms with Crippen LogP contribution in [0.5, 0.6) is 5.75 Å². The number of hydrogen-bond donors (Lipinski definition) is 3. The van der Waals surface area contributed by atoms with Gasteiger partial charge in [0.05, 0.1) is 17.6 Å². The van der Waals surface area contributed by atoms with Crippen LogP contribution in [0.1, 0.15) is 48.0 Å². The van der Waals surface area contributed by atoms with Crippen LogP contribution in [0.15, 0.2) is 47.4 Å². The average Bonchev–Trinajstić information content (AvgIpc) is 2.79. The number of sulfonamides is 1. The maximum absolute atomic E-state index is 12.5. The second kappa shape index (κ2) is 13.8. The normalized spacial score (nSPS) is 13.9. The molecule has 3 N–H and O–H groups in total. The quantitative estimate of drug-likeness (QED) is 0.452. The third-order valence-electron chi connectivity index (χ3n) is 5.51. The maximum atomic E-state index is 12.5. The molecule has 3 rings (SSSR count). The van der Waals surface area contributed by atoms with Crippen LogP contribution >= 0.6 is 11.6 Å². The van der Waals surface area contributed by atoms with E-state index < -0.39 is 16.1 Å². The molecular formula is C23H28ClKN3O5S. The number of ether oxygens (including phenoxy) is 1. The van der Waals surface area contributed by atoms with E-state index in [4.69, 9.17) is 16.3 Å². The first-order chi connectivity index (χ1) is 15.8. The number of amides is 3. The molecule has 34 heavy (non-hydrogen) atoms. The van der Waals surface area contributed by atoms with E-state index in [0.717, 1.165) is 37.7 Å². The van der Waals surface area contributed by atoms with E-state index in [1.165, 1.54) is 25.3 Å². The molecule has 0 spiro atoms. The Morgan fingerprint density at radius 2 is 1.74 bits per heavy atom. The molecule has 0 atom stereocenters. The Labute approximate surface area is 248 Å². The third-order valence-corrected chi connectivity index (χ3v) is 7.09. The van der Waals surface area contributed by atoms with Gasteiger partial charge in [-0.2, -0.15) is 0 Å². The molecule has 0 bridgehead atoms. The standard InChI is InChI=1S/C23H28ClN3O5S.K/c1-32-21-12-9-17(24)15-20(21)22(28)25-14-13-16-7-10-19(11-8-16)33(30,31)27-23(29)26-18-5-3-2-4-6-18;/h7-12,15,18H,2-6,13-14H2,1H3,(H,25,28)(H2,26,27,29);. The summed E-state index contributed by atoms with van der Waals surface area (Å²) in [7, 11) is -2.49. The van der Waals surface area contributed by atoms with Gasteiger partial charge in [-0.1, -0.05) is 43.0 Å². The molecule has 1 fully saturated rings. The van der Waals surface area contributed by atoms with Crippen LogP contribution in [0.25, 0.3) is 0 Å². The van der Waals surface area contributed by atoms with Gasteiger partial charge in [-0.15, -0.1) is 0 Å². The molecule has 1 aliphatic carbocycles. The smallest absolute Gasteiger partial charge is 0.328 e. The number of methoxy groups -OCH3 is 1. The van der Waals surface area contributed by atoms with E-state index in [9.17, 15) is 18.0 Å². The molecule has 0 saturated heterocycles. The summed E-state index contributed by atoms with van der Waals surface area (Å²) in [5.41, 5.74) is 1.17. The molecule has 2 aromatic carbocycles. The van der Waals surface area contributed by atoms with E-state index in [-0.39, 0.29) is 68.2 Å². The fourth-order valence-corrected chi connectivity index (χ4v) is 4.84. The maximum Gasteiger partial charge on any atom is 0.328 e. The minimum atomic E-state index is -3.97. The summed E-state index contributed by atoms with van der Waals surface area (Å²) in [5, 5.41) is 5.96. The molecular weight excluding hydrogens is 505 g/mol. The number of benzene rings is 2. The number of halogens is 1. The first-order valence-corrected chi connectivity index (χ1v) is 12.7. The summed E-state index contributed by atoms with van der Waals surface area (Å²) in [4.78, 5) is 24.5. The predicted molar refractivity (Wildman–Crippen MR) is 132 cm³/mol. The first kappa shape index (κ1) is 29.1. The minimum absolute atomic E-state index is 0. The van der Waals surface area contributed by atoms with E-state index in [1.54, 1.807) is 24.3 Å². The van der Waals surface area contributed by atoms with Gasteiger partial charge in [-0.25, -0.2) is 17.9 Å². The van der Waals surface area contributed by atoms with Crippen LogP contribution in [-0.4, -0.2) is 91.4 Å². The van der Waals surface area contributed by atoms with E-state index >= 15 is 0 Å². The van der Waals surface area contributed by atoms with Gasteiger partial charge in [-0.3, -0.25) is 4.79 Å². The second-order valence-electron chi connectivity index (χ2n) is 7.91. The molecule has 0 aromatic heterocycles. The zero-order valence-electron chi connectivity index (χ0n) is 19.4. The number of hydrogen-bond acceptors (Lipinski definition) is 5. The van der Waals surface area contributed by atoms with Gasteiger partial charge >= 0.3 is 6.03 Å². The number of carbonyl (C=O) groups excluding carboxylic acids is 2. The number of urea groups is 1. The Balaban J connectivity index is 0.00000408. The predicted octanol–water partition coefficient (Wildman–Crippen LogP) is 3.26. The minimum Gasteiger partial charge on any atom is -0.496 e. The average molecular weight is 533 g/mol. The fourth-order valence-electron chi connectivity index (χ4n) is 3.75. The van der Waals surface area contributed by atoms with Crippen LogP contribution in [-0.2, 0) is 16.4 Å². The molecule has 2 aromatic rings. The van der Waals surface area contributed by atoms with Crippen molar-refractivity contribution in [2.75, 3.05) is 13.7 Å². The van der Waals surface area contributed by atoms with Crippen LogP contribution in [0, 0.1) is 0 Å². The largest absolute Gasteiger partial charge is 0.496 e. The van der Waals surface area contributed by atoms with Crippen LogP contribution in [0.2, 0.25) is 5.02 Å². The molecule has 179 valence electrons. The molecule has 8 nitrogen and oxygen atoms in total. The zero-order valence-corrected chi connectivity index (χ0v) is 24.1. The summed E-state index contributed by atoms with van der Waals surface area (Å²) in [6, 6.07) is 10.3. The van der Waals surface area contributed by atoms with Crippen LogP contribution in [0.3, 0.4) is 0 Å². The van der Waals surface area contributed by atoms with Crippen LogP contribution < -0.4 is 20.1 Å². The molecule has 1 radical (unpaired) electrons. The van der Waals surface area contributed by atoms with Crippen molar-refractivity contribution in [3.05, 3.63) is 58.6 Å². The number of carbonyl (C=O) groups is 2. The molecule has 0 heterocycles. The van der Waals surface area contributed by atoms with Gasteiger partial charge in [0.15, 0.2) is 0 Å². The summed E-state index contributed by atoms with van der Waals surface area (Å²) in [5.74, 6) is 0.105. The summed E-state index contributed by atoms with van der Waals surface area (Å²) >= 11 is 5.96. The molecule has 3 amide bonds. The SMILES string of the molecule is COc1ccc(Cl)cc1C(=O)NCCc1ccc(S(=O)(=O)NC(=O)NC2CCCCC2)cc1.[K]. The summed E-state index contributed by atoms with van der Waals surface area (Å²) in [6.45, 7) is 0.336. The van der Waals surface area contributed by atoms with Crippen molar-refractivity contribution in [2.24, 2.45) is 0 Å². The summed E-state index contributed by atoms with van der Waals surface area (Å²) < 4.78 is 32.2. The Bertz CT molecular complexity index is 1090. The monoisotopic (exact) mass is 532 g/mol. The zero-order chi connectivity index (χ0) is 23.8. The van der Waals surface area contributed by atoms with Gasteiger partial charge in [0, 0.05) is 69.0 Å². The van der Waals surface area contributed by atoms with Gasteiger partial charge < -0.3 is 15.4 Å². The van der Waals surface area contributed by atoms with Crippen molar-refractivity contribution in [1.82, 2.24) is 15.4 Å². The molecule has 0 unspecified atom stereocenters. The fraction of sp³-hybridized carbons (Fsp3) is 0.391. The van der Waals surface area contributed by atoms with Gasteiger partial charge in [-0.05, 0) is 55.2 Å². The topological polar surface area (TPSA) is 114 Å². The van der Waals surface area contributed by atoms with Crippen molar-refractivity contribution in [2.45, 2.75) is 49.5 Å². The van der Waals surface area contributed by atoms with Crippen LogP contribution in [0.4, 0.5) is 4.79 Å².